The number of halogens is 1. The fraction of sp³-hybridized carbons (Fsp3) is 0.842. The molecule has 0 aliphatic carbocycles. The highest BCUT2D eigenvalue weighted by atomic mass is 19.1. The second-order valence-corrected chi connectivity index (χ2v) is 5.81. The molecule has 0 amide bonds. The van der Waals surface area contributed by atoms with Crippen molar-refractivity contribution in [3.05, 3.63) is 0 Å². The largest absolute Gasteiger partial charge is 0.476 e. The Kier molecular flexibility index (Phi) is 21.7. The molecule has 11 nitrogen and oxygen atoms in total. The van der Waals surface area contributed by atoms with Crippen LogP contribution in [0.3, 0.4) is 0 Å². The summed E-state index contributed by atoms with van der Waals surface area (Å²) in [4.78, 5) is 32.4. The van der Waals surface area contributed by atoms with E-state index in [2.05, 4.69) is 0 Å². The number of hydrogen-bond donors (Lipinski definition) is 1. The van der Waals surface area contributed by atoms with E-state index in [-0.39, 0.29) is 32.7 Å². The van der Waals surface area contributed by atoms with Crippen molar-refractivity contribution in [2.45, 2.75) is 12.8 Å². The summed E-state index contributed by atoms with van der Waals surface area (Å²) >= 11 is 0. The second kappa shape index (κ2) is 23.0. The number of carbonyl (C=O) groups excluding carboxylic acids is 2. The molecule has 0 unspecified atom stereocenters. The molecule has 31 heavy (non-hydrogen) atoms. The number of carboxylic acid groups (broad SMARTS) is 1. The van der Waals surface area contributed by atoms with Crippen molar-refractivity contribution < 1.29 is 57.0 Å². The van der Waals surface area contributed by atoms with E-state index < -0.39 is 24.4 Å². The summed E-state index contributed by atoms with van der Waals surface area (Å²) in [6, 6.07) is 0. The summed E-state index contributed by atoms with van der Waals surface area (Å²) < 4.78 is 47.8. The number of hydrogen-bond acceptors (Lipinski definition) is 10. The molecule has 12 heteroatoms. The minimum Gasteiger partial charge on any atom is -0.476 e. The van der Waals surface area contributed by atoms with Gasteiger partial charge >= 0.3 is 11.9 Å². The van der Waals surface area contributed by atoms with Crippen molar-refractivity contribution in [2.75, 3.05) is 92.6 Å². The molecule has 1 N–H and O–H groups in total. The van der Waals surface area contributed by atoms with E-state index in [0.29, 0.717) is 66.1 Å². The van der Waals surface area contributed by atoms with E-state index in [4.69, 9.17) is 38.3 Å². The van der Waals surface area contributed by atoms with Gasteiger partial charge in [-0.1, -0.05) is 0 Å². The molecular formula is C19H33FO11. The lowest BCUT2D eigenvalue weighted by atomic mass is 10.2. The Morgan fingerprint density at radius 3 is 1.26 bits per heavy atom. The maximum absolute atomic E-state index is 11.7. The fourth-order valence-electron chi connectivity index (χ4n) is 1.87. The van der Waals surface area contributed by atoms with Gasteiger partial charge in [-0.05, 0) is 0 Å². The third kappa shape index (κ3) is 22.8. The first-order chi connectivity index (χ1) is 15.1. The highest BCUT2D eigenvalue weighted by molar-refractivity contribution is 6.32. The van der Waals surface area contributed by atoms with Gasteiger partial charge in [0.2, 0.25) is 5.78 Å². The van der Waals surface area contributed by atoms with Gasteiger partial charge < -0.3 is 38.3 Å². The smallest absolute Gasteiger partial charge is 0.372 e. The standard InChI is InChI=1S/C19H33FO11/c20-3-4-25-5-6-26-7-8-27-9-10-28-11-12-29-13-14-30-15-16-31-18(22)2-1-17(21)19(23)24/h1-16H2,(H,23,24). The second-order valence-electron chi connectivity index (χ2n) is 5.81. The minimum atomic E-state index is -1.56. The van der Waals surface area contributed by atoms with Crippen molar-refractivity contribution in [2.24, 2.45) is 0 Å². The van der Waals surface area contributed by atoms with Gasteiger partial charge in [0, 0.05) is 6.42 Å². The average Bonchev–Trinajstić information content (AvgIpc) is 2.76. The van der Waals surface area contributed by atoms with Crippen molar-refractivity contribution in [1.29, 1.82) is 0 Å². The summed E-state index contributed by atoms with van der Waals surface area (Å²) in [6.45, 7) is 3.79. The quantitative estimate of drug-likeness (QED) is 0.120. The lowest BCUT2D eigenvalue weighted by Crippen LogP contribution is -2.17. The maximum Gasteiger partial charge on any atom is 0.372 e. The highest BCUT2D eigenvalue weighted by Gasteiger charge is 2.14. The average molecular weight is 456 g/mol. The van der Waals surface area contributed by atoms with Crippen LogP contribution in [0.1, 0.15) is 12.8 Å². The van der Waals surface area contributed by atoms with E-state index >= 15 is 0 Å². The Morgan fingerprint density at radius 1 is 0.548 bits per heavy atom. The first-order valence-corrected chi connectivity index (χ1v) is 10.0. The van der Waals surface area contributed by atoms with Crippen LogP contribution in [0.15, 0.2) is 0 Å². The van der Waals surface area contributed by atoms with Crippen LogP contribution in [-0.2, 0) is 47.5 Å². The number of ketones is 1. The third-order valence-electron chi connectivity index (χ3n) is 3.37. The molecule has 0 saturated heterocycles. The van der Waals surface area contributed by atoms with E-state index in [9.17, 15) is 18.8 Å². The zero-order chi connectivity index (χ0) is 23.0. The molecule has 0 radical (unpaired) electrons. The number of ether oxygens (including phenoxy) is 7. The predicted octanol–water partition coefficient (Wildman–Crippen LogP) is 0.0326. The van der Waals surface area contributed by atoms with Gasteiger partial charge in [-0.3, -0.25) is 9.59 Å². The molecule has 0 atom stereocenters. The summed E-state index contributed by atoms with van der Waals surface area (Å²) in [6.07, 6.45) is -0.657. The third-order valence-corrected chi connectivity index (χ3v) is 3.37. The highest BCUT2D eigenvalue weighted by Crippen LogP contribution is 1.95. The number of alkyl halides is 1. The Balaban J connectivity index is 3.16. The molecule has 0 fully saturated rings. The molecule has 0 spiro atoms. The van der Waals surface area contributed by atoms with E-state index in [0.717, 1.165) is 0 Å². The summed E-state index contributed by atoms with van der Waals surface area (Å²) in [5.74, 6) is -3.24. The van der Waals surface area contributed by atoms with E-state index in [1.54, 1.807) is 0 Å². The zero-order valence-corrected chi connectivity index (χ0v) is 17.7. The molecule has 0 aliphatic heterocycles. The molecular weight excluding hydrogens is 423 g/mol. The Hall–Kier alpha value is -1.70. The van der Waals surface area contributed by atoms with Gasteiger partial charge in [-0.2, -0.15) is 0 Å². The SMILES string of the molecule is O=C(CCC(=O)C(=O)O)OCCOCCOCCOCCOCCOCCOCCF. The van der Waals surface area contributed by atoms with Crippen LogP contribution in [0.5, 0.6) is 0 Å². The van der Waals surface area contributed by atoms with Crippen LogP contribution < -0.4 is 0 Å². The monoisotopic (exact) mass is 456 g/mol. The Morgan fingerprint density at radius 2 is 0.903 bits per heavy atom. The number of carboxylic acids is 1. The molecule has 0 aromatic heterocycles. The number of aliphatic carboxylic acids is 1. The van der Waals surface area contributed by atoms with Crippen LogP contribution in [0.2, 0.25) is 0 Å². The number of esters is 1. The molecule has 0 rings (SSSR count). The Labute approximate surface area is 181 Å². The van der Waals surface area contributed by atoms with Gasteiger partial charge in [0.15, 0.2) is 0 Å². The van der Waals surface area contributed by atoms with Crippen LogP contribution >= 0.6 is 0 Å². The fourth-order valence-corrected chi connectivity index (χ4v) is 1.87. The van der Waals surface area contributed by atoms with Crippen molar-refractivity contribution in [3.63, 3.8) is 0 Å². The topological polar surface area (TPSA) is 136 Å². The number of Topliss-reactive ketones (excluding diaryl/α,β-unsaturated/α-hetero) is 1. The molecule has 0 heterocycles. The van der Waals surface area contributed by atoms with Crippen LogP contribution in [-0.4, -0.2) is 115 Å². The van der Waals surface area contributed by atoms with Crippen molar-refractivity contribution in [3.8, 4) is 0 Å². The minimum absolute atomic E-state index is 0.0150. The van der Waals surface area contributed by atoms with E-state index in [1.807, 2.05) is 0 Å². The van der Waals surface area contributed by atoms with Crippen molar-refractivity contribution in [1.82, 2.24) is 0 Å². The molecule has 0 aliphatic rings. The molecule has 0 aromatic carbocycles. The molecule has 0 saturated carbocycles. The molecule has 0 bridgehead atoms. The predicted molar refractivity (Wildman–Crippen MR) is 104 cm³/mol. The van der Waals surface area contributed by atoms with Gasteiger partial charge in [0.25, 0.3) is 0 Å². The van der Waals surface area contributed by atoms with Gasteiger partial charge in [-0.15, -0.1) is 0 Å². The molecule has 0 aromatic rings. The summed E-state index contributed by atoms with van der Waals surface area (Å²) in [5, 5.41) is 8.38. The summed E-state index contributed by atoms with van der Waals surface area (Å²) in [7, 11) is 0. The van der Waals surface area contributed by atoms with Crippen LogP contribution in [0, 0.1) is 0 Å². The summed E-state index contributed by atoms with van der Waals surface area (Å²) in [5.41, 5.74) is 0. The normalized spacial score (nSPS) is 10.9. The van der Waals surface area contributed by atoms with E-state index in [1.165, 1.54) is 0 Å². The number of rotatable bonds is 24. The lowest BCUT2D eigenvalue weighted by molar-refractivity contribution is -0.151. The zero-order valence-electron chi connectivity index (χ0n) is 17.7. The maximum atomic E-state index is 11.7. The van der Waals surface area contributed by atoms with Gasteiger partial charge in [0.1, 0.15) is 13.3 Å². The van der Waals surface area contributed by atoms with Crippen LogP contribution in [0.4, 0.5) is 4.39 Å². The first kappa shape index (κ1) is 29.3. The lowest BCUT2D eigenvalue weighted by Gasteiger charge is -2.08. The molecule has 182 valence electrons. The van der Waals surface area contributed by atoms with Gasteiger partial charge in [-0.25, -0.2) is 9.18 Å². The Bertz CT molecular complexity index is 462. The number of carbonyl (C=O) groups is 3. The first-order valence-electron chi connectivity index (χ1n) is 10.0. The van der Waals surface area contributed by atoms with Gasteiger partial charge in [0.05, 0.1) is 85.7 Å². The van der Waals surface area contributed by atoms with Crippen molar-refractivity contribution >= 4 is 17.7 Å². The van der Waals surface area contributed by atoms with Crippen LogP contribution in [0.25, 0.3) is 0 Å².